The van der Waals surface area contributed by atoms with Crippen LogP contribution in [-0.2, 0) is 5.41 Å². The molecule has 3 N–H and O–H groups in total. The molecule has 1 aromatic heterocycles. The van der Waals surface area contributed by atoms with Crippen LogP contribution in [-0.4, -0.2) is 33.9 Å². The highest BCUT2D eigenvalue weighted by Crippen LogP contribution is 2.20. The molecular weight excluding hydrogens is 242 g/mol. The SMILES string of the molecule is CC(C)CC(O)CNC(=O)c1cc(C(C)(C)C)[nH]n1. The molecule has 0 saturated heterocycles. The summed E-state index contributed by atoms with van der Waals surface area (Å²) in [6.07, 6.45) is 0.165. The molecule has 0 aliphatic heterocycles. The Morgan fingerprint density at radius 2 is 2.11 bits per heavy atom. The zero-order valence-corrected chi connectivity index (χ0v) is 12.4. The summed E-state index contributed by atoms with van der Waals surface area (Å²) >= 11 is 0. The van der Waals surface area contributed by atoms with Crippen molar-refractivity contribution in [1.29, 1.82) is 0 Å². The van der Waals surface area contributed by atoms with Crippen molar-refractivity contribution in [3.63, 3.8) is 0 Å². The van der Waals surface area contributed by atoms with Crippen LogP contribution in [0.25, 0.3) is 0 Å². The lowest BCUT2D eigenvalue weighted by Gasteiger charge is -2.14. The third-order valence-electron chi connectivity index (χ3n) is 2.86. The molecular formula is C14H25N3O2. The van der Waals surface area contributed by atoms with Gasteiger partial charge in [0.15, 0.2) is 0 Å². The topological polar surface area (TPSA) is 78.0 Å². The number of nitrogens with zero attached hydrogens (tertiary/aromatic N) is 1. The highest BCUT2D eigenvalue weighted by molar-refractivity contribution is 5.92. The third kappa shape index (κ3) is 5.03. The Balaban J connectivity index is 2.52. The molecule has 0 fully saturated rings. The first-order chi connectivity index (χ1) is 8.70. The van der Waals surface area contributed by atoms with Crippen molar-refractivity contribution in [2.24, 2.45) is 5.92 Å². The quantitative estimate of drug-likeness (QED) is 0.761. The van der Waals surface area contributed by atoms with E-state index in [9.17, 15) is 9.90 Å². The van der Waals surface area contributed by atoms with E-state index in [1.54, 1.807) is 6.07 Å². The Kier molecular flexibility index (Phi) is 5.11. The molecule has 0 aliphatic rings. The van der Waals surface area contributed by atoms with Crippen LogP contribution in [0.2, 0.25) is 0 Å². The zero-order valence-electron chi connectivity index (χ0n) is 12.4. The maximum Gasteiger partial charge on any atom is 0.271 e. The predicted molar refractivity (Wildman–Crippen MR) is 75.1 cm³/mol. The van der Waals surface area contributed by atoms with Crippen molar-refractivity contribution in [3.05, 3.63) is 17.5 Å². The number of carbonyl (C=O) groups excluding carboxylic acids is 1. The highest BCUT2D eigenvalue weighted by atomic mass is 16.3. The second kappa shape index (κ2) is 6.19. The number of amides is 1. The molecule has 0 spiro atoms. The Hall–Kier alpha value is -1.36. The summed E-state index contributed by atoms with van der Waals surface area (Å²) < 4.78 is 0. The van der Waals surface area contributed by atoms with E-state index in [0.717, 1.165) is 5.69 Å². The number of carbonyl (C=O) groups is 1. The monoisotopic (exact) mass is 267 g/mol. The Morgan fingerprint density at radius 3 is 2.58 bits per heavy atom. The van der Waals surface area contributed by atoms with E-state index in [1.807, 2.05) is 13.8 Å². The first-order valence-electron chi connectivity index (χ1n) is 6.72. The van der Waals surface area contributed by atoms with Gasteiger partial charge in [0.2, 0.25) is 0 Å². The summed E-state index contributed by atoms with van der Waals surface area (Å²) in [7, 11) is 0. The summed E-state index contributed by atoms with van der Waals surface area (Å²) in [6.45, 7) is 10.5. The van der Waals surface area contributed by atoms with Crippen molar-refractivity contribution in [2.45, 2.75) is 52.6 Å². The van der Waals surface area contributed by atoms with Crippen LogP contribution in [0.4, 0.5) is 0 Å². The second-order valence-corrected chi connectivity index (χ2v) is 6.41. The fourth-order valence-corrected chi connectivity index (χ4v) is 1.75. The number of rotatable bonds is 5. The largest absolute Gasteiger partial charge is 0.391 e. The molecule has 0 aromatic carbocycles. The van der Waals surface area contributed by atoms with Gasteiger partial charge >= 0.3 is 0 Å². The molecule has 1 atom stereocenters. The Labute approximate surface area is 114 Å². The predicted octanol–water partition coefficient (Wildman–Crippen LogP) is 1.84. The van der Waals surface area contributed by atoms with Crippen LogP contribution in [0.3, 0.4) is 0 Å². The Bertz CT molecular complexity index is 419. The fourth-order valence-electron chi connectivity index (χ4n) is 1.75. The maximum atomic E-state index is 11.9. The number of aromatic nitrogens is 2. The van der Waals surface area contributed by atoms with Crippen LogP contribution in [0, 0.1) is 5.92 Å². The molecule has 1 amide bonds. The van der Waals surface area contributed by atoms with Crippen molar-refractivity contribution >= 4 is 5.91 Å². The lowest BCUT2D eigenvalue weighted by atomic mass is 9.92. The summed E-state index contributed by atoms with van der Waals surface area (Å²) in [5.41, 5.74) is 1.21. The average molecular weight is 267 g/mol. The van der Waals surface area contributed by atoms with Gasteiger partial charge in [0.1, 0.15) is 5.69 Å². The molecule has 0 saturated carbocycles. The molecule has 5 heteroatoms. The van der Waals surface area contributed by atoms with Crippen LogP contribution >= 0.6 is 0 Å². The van der Waals surface area contributed by atoms with E-state index in [-0.39, 0.29) is 17.9 Å². The smallest absolute Gasteiger partial charge is 0.271 e. The van der Waals surface area contributed by atoms with Gasteiger partial charge in [-0.25, -0.2) is 0 Å². The van der Waals surface area contributed by atoms with Crippen LogP contribution in [0.15, 0.2) is 6.07 Å². The van der Waals surface area contributed by atoms with Crippen molar-refractivity contribution in [2.75, 3.05) is 6.54 Å². The summed E-state index contributed by atoms with van der Waals surface area (Å²) in [5.74, 6) is 0.152. The third-order valence-corrected chi connectivity index (χ3v) is 2.86. The minimum atomic E-state index is -0.509. The van der Waals surface area contributed by atoms with E-state index in [4.69, 9.17) is 0 Å². The van der Waals surface area contributed by atoms with Crippen LogP contribution in [0.1, 0.15) is 57.2 Å². The molecule has 1 aromatic rings. The maximum absolute atomic E-state index is 11.9. The lowest BCUT2D eigenvalue weighted by molar-refractivity contribution is 0.0895. The molecule has 0 aliphatic carbocycles. The van der Waals surface area contributed by atoms with Crippen LogP contribution in [0.5, 0.6) is 0 Å². The second-order valence-electron chi connectivity index (χ2n) is 6.41. The molecule has 0 bridgehead atoms. The summed E-state index contributed by atoms with van der Waals surface area (Å²) in [6, 6.07) is 1.75. The van der Waals surface area contributed by atoms with Gasteiger partial charge in [-0.15, -0.1) is 0 Å². The highest BCUT2D eigenvalue weighted by Gasteiger charge is 2.19. The van der Waals surface area contributed by atoms with E-state index >= 15 is 0 Å². The Morgan fingerprint density at radius 1 is 1.47 bits per heavy atom. The molecule has 1 heterocycles. The molecule has 0 radical (unpaired) electrons. The van der Waals surface area contributed by atoms with E-state index in [0.29, 0.717) is 18.0 Å². The van der Waals surface area contributed by atoms with E-state index in [2.05, 4.69) is 36.3 Å². The fraction of sp³-hybridized carbons (Fsp3) is 0.714. The van der Waals surface area contributed by atoms with Gasteiger partial charge in [-0.1, -0.05) is 34.6 Å². The normalized spacial score (nSPS) is 13.6. The number of aromatic amines is 1. The van der Waals surface area contributed by atoms with E-state index in [1.165, 1.54) is 0 Å². The molecule has 108 valence electrons. The number of hydrogen-bond acceptors (Lipinski definition) is 3. The van der Waals surface area contributed by atoms with Gasteiger partial charge in [0.25, 0.3) is 5.91 Å². The molecule has 19 heavy (non-hydrogen) atoms. The standard InChI is InChI=1S/C14H25N3O2/c1-9(2)6-10(18)8-15-13(19)11-7-12(17-16-11)14(3,4)5/h7,9-10,18H,6,8H2,1-5H3,(H,15,19)(H,16,17). The number of aliphatic hydroxyl groups is 1. The molecule has 1 unspecified atom stereocenters. The van der Waals surface area contributed by atoms with Gasteiger partial charge in [0.05, 0.1) is 6.10 Å². The van der Waals surface area contributed by atoms with Gasteiger partial charge in [-0.2, -0.15) is 5.10 Å². The van der Waals surface area contributed by atoms with Crippen molar-refractivity contribution < 1.29 is 9.90 Å². The first-order valence-corrected chi connectivity index (χ1v) is 6.72. The summed E-state index contributed by atoms with van der Waals surface area (Å²) in [5, 5.41) is 19.3. The zero-order chi connectivity index (χ0) is 14.6. The van der Waals surface area contributed by atoms with E-state index < -0.39 is 6.10 Å². The molecule has 5 nitrogen and oxygen atoms in total. The number of H-pyrrole nitrogens is 1. The van der Waals surface area contributed by atoms with Crippen molar-refractivity contribution in [1.82, 2.24) is 15.5 Å². The first kappa shape index (κ1) is 15.7. The number of hydrogen-bond donors (Lipinski definition) is 3. The summed E-state index contributed by atoms with van der Waals surface area (Å²) in [4.78, 5) is 11.9. The van der Waals surface area contributed by atoms with Gasteiger partial charge < -0.3 is 10.4 Å². The average Bonchev–Trinajstić information content (AvgIpc) is 2.73. The van der Waals surface area contributed by atoms with Gasteiger partial charge in [-0.05, 0) is 18.4 Å². The van der Waals surface area contributed by atoms with Gasteiger partial charge in [-0.3, -0.25) is 9.89 Å². The number of aliphatic hydroxyl groups excluding tert-OH is 1. The minimum Gasteiger partial charge on any atom is -0.391 e. The minimum absolute atomic E-state index is 0.0668. The van der Waals surface area contributed by atoms with Crippen molar-refractivity contribution in [3.8, 4) is 0 Å². The molecule has 1 rings (SSSR count). The number of nitrogens with one attached hydrogen (secondary N) is 2. The van der Waals surface area contributed by atoms with Gasteiger partial charge in [0, 0.05) is 17.7 Å². The lowest BCUT2D eigenvalue weighted by Crippen LogP contribution is -2.33. The van der Waals surface area contributed by atoms with Crippen LogP contribution < -0.4 is 5.32 Å².